The molecule has 2 amide bonds. The van der Waals surface area contributed by atoms with Crippen LogP contribution in [0.4, 0.5) is 5.69 Å². The molecule has 0 spiro atoms. The molecular weight excluding hydrogens is 307 g/mol. The molecule has 20 heavy (non-hydrogen) atoms. The number of carbonyl (C=O) groups excluding carboxylic acids is 2. The Morgan fingerprint density at radius 1 is 1.30 bits per heavy atom. The lowest BCUT2D eigenvalue weighted by atomic mass is 10.2. The van der Waals surface area contributed by atoms with E-state index in [9.17, 15) is 14.4 Å². The zero-order chi connectivity index (χ0) is 14.9. The highest BCUT2D eigenvalue weighted by atomic mass is 35.5. The van der Waals surface area contributed by atoms with Crippen LogP contribution in [0.15, 0.2) is 12.1 Å². The highest BCUT2D eigenvalue weighted by Gasteiger charge is 2.28. The molecule has 0 aromatic heterocycles. The fourth-order valence-corrected chi connectivity index (χ4v) is 2.42. The second kappa shape index (κ2) is 5.68. The van der Waals surface area contributed by atoms with Crippen LogP contribution < -0.4 is 10.6 Å². The fraction of sp³-hybridized carbons (Fsp3) is 0.250. The maximum atomic E-state index is 11.9. The molecule has 0 radical (unpaired) electrons. The SMILES string of the molecule is O=C1CC[C@@H](C(=O)Nc2c(Cl)cc(C(=O)O)cc2Cl)N1. The molecule has 0 bridgehead atoms. The molecule has 1 aromatic rings. The normalized spacial score (nSPS) is 17.7. The Kier molecular flexibility index (Phi) is 4.15. The number of benzene rings is 1. The number of aromatic carboxylic acids is 1. The molecule has 1 saturated heterocycles. The van der Waals surface area contributed by atoms with Gasteiger partial charge in [-0.1, -0.05) is 23.2 Å². The Morgan fingerprint density at radius 2 is 1.90 bits per heavy atom. The lowest BCUT2D eigenvalue weighted by Crippen LogP contribution is -2.37. The van der Waals surface area contributed by atoms with Gasteiger partial charge >= 0.3 is 5.97 Å². The molecule has 1 aromatic carbocycles. The predicted molar refractivity (Wildman–Crippen MR) is 73.2 cm³/mol. The van der Waals surface area contributed by atoms with Crippen molar-refractivity contribution in [2.45, 2.75) is 18.9 Å². The minimum absolute atomic E-state index is 0.0209. The molecular formula is C12H10Cl2N2O4. The van der Waals surface area contributed by atoms with Crippen LogP contribution in [0, 0.1) is 0 Å². The van der Waals surface area contributed by atoms with Crippen molar-refractivity contribution in [1.29, 1.82) is 0 Å². The van der Waals surface area contributed by atoms with Crippen LogP contribution in [0.1, 0.15) is 23.2 Å². The van der Waals surface area contributed by atoms with Gasteiger partial charge in [0.2, 0.25) is 11.8 Å². The highest BCUT2D eigenvalue weighted by molar-refractivity contribution is 6.40. The minimum atomic E-state index is -1.17. The third-order valence-corrected chi connectivity index (χ3v) is 3.45. The van der Waals surface area contributed by atoms with E-state index in [1.165, 1.54) is 12.1 Å². The minimum Gasteiger partial charge on any atom is -0.478 e. The average molecular weight is 317 g/mol. The molecule has 1 fully saturated rings. The smallest absolute Gasteiger partial charge is 0.335 e. The maximum absolute atomic E-state index is 11.9. The van der Waals surface area contributed by atoms with Crippen LogP contribution in [0.5, 0.6) is 0 Å². The molecule has 1 aliphatic heterocycles. The fourth-order valence-electron chi connectivity index (χ4n) is 1.84. The zero-order valence-electron chi connectivity index (χ0n) is 10.1. The van der Waals surface area contributed by atoms with E-state index < -0.39 is 17.9 Å². The summed E-state index contributed by atoms with van der Waals surface area (Å²) in [6.45, 7) is 0. The number of nitrogens with one attached hydrogen (secondary N) is 2. The van der Waals surface area contributed by atoms with E-state index in [1.807, 2.05) is 0 Å². The Labute approximate surface area is 124 Å². The largest absolute Gasteiger partial charge is 0.478 e. The van der Waals surface area contributed by atoms with E-state index in [0.717, 1.165) is 0 Å². The lowest BCUT2D eigenvalue weighted by molar-refractivity contribution is -0.122. The lowest BCUT2D eigenvalue weighted by Gasteiger charge is -2.13. The standard InChI is InChI=1S/C12H10Cl2N2O4/c13-6-3-5(12(19)20)4-7(14)10(6)16-11(18)8-1-2-9(17)15-8/h3-4,8H,1-2H2,(H,15,17)(H,16,18)(H,19,20)/t8-/m0/s1. The van der Waals surface area contributed by atoms with Gasteiger partial charge in [-0.25, -0.2) is 4.79 Å². The van der Waals surface area contributed by atoms with Crippen LogP contribution in [0.3, 0.4) is 0 Å². The van der Waals surface area contributed by atoms with Gasteiger partial charge in [-0.2, -0.15) is 0 Å². The summed E-state index contributed by atoms with van der Waals surface area (Å²) in [6.07, 6.45) is 0.685. The summed E-state index contributed by atoms with van der Waals surface area (Å²) in [5.41, 5.74) is 0.0525. The number of rotatable bonds is 3. The summed E-state index contributed by atoms with van der Waals surface area (Å²) in [4.78, 5) is 33.8. The van der Waals surface area contributed by atoms with Gasteiger partial charge in [0.15, 0.2) is 0 Å². The van der Waals surface area contributed by atoms with Crippen molar-refractivity contribution in [2.24, 2.45) is 0 Å². The van der Waals surface area contributed by atoms with Crippen LogP contribution in [-0.2, 0) is 9.59 Å². The zero-order valence-corrected chi connectivity index (χ0v) is 11.6. The molecule has 6 nitrogen and oxygen atoms in total. The third-order valence-electron chi connectivity index (χ3n) is 2.85. The highest BCUT2D eigenvalue weighted by Crippen LogP contribution is 2.32. The van der Waals surface area contributed by atoms with E-state index in [4.69, 9.17) is 28.3 Å². The molecule has 0 aliphatic carbocycles. The van der Waals surface area contributed by atoms with Gasteiger partial charge < -0.3 is 15.7 Å². The molecule has 8 heteroatoms. The Hall–Kier alpha value is -1.79. The summed E-state index contributed by atoms with van der Waals surface area (Å²) in [6, 6.07) is 1.76. The quantitative estimate of drug-likeness (QED) is 0.793. The van der Waals surface area contributed by atoms with E-state index in [-0.39, 0.29) is 33.6 Å². The van der Waals surface area contributed by atoms with Gasteiger partial charge in [-0.15, -0.1) is 0 Å². The van der Waals surface area contributed by atoms with Crippen LogP contribution in [0.25, 0.3) is 0 Å². The van der Waals surface area contributed by atoms with E-state index in [0.29, 0.717) is 6.42 Å². The first-order valence-electron chi connectivity index (χ1n) is 5.71. The number of anilines is 1. The Morgan fingerprint density at radius 3 is 2.35 bits per heavy atom. The average Bonchev–Trinajstić information content (AvgIpc) is 2.80. The number of carboxylic acids is 1. The summed E-state index contributed by atoms with van der Waals surface area (Å²) < 4.78 is 0. The predicted octanol–water partition coefficient (Wildman–Crippen LogP) is 1.91. The van der Waals surface area contributed by atoms with Crippen molar-refractivity contribution < 1.29 is 19.5 Å². The van der Waals surface area contributed by atoms with Crippen molar-refractivity contribution in [3.8, 4) is 0 Å². The molecule has 106 valence electrons. The van der Waals surface area contributed by atoms with Gasteiger partial charge in [0.05, 0.1) is 21.3 Å². The first kappa shape index (κ1) is 14.6. The molecule has 1 aliphatic rings. The van der Waals surface area contributed by atoms with Crippen molar-refractivity contribution >= 4 is 46.7 Å². The van der Waals surface area contributed by atoms with Crippen molar-refractivity contribution in [3.05, 3.63) is 27.7 Å². The third kappa shape index (κ3) is 3.02. The number of halogens is 2. The summed E-state index contributed by atoms with van der Waals surface area (Å²) in [7, 11) is 0. The van der Waals surface area contributed by atoms with E-state index in [1.54, 1.807) is 0 Å². The molecule has 3 N–H and O–H groups in total. The summed E-state index contributed by atoms with van der Waals surface area (Å²) in [5, 5.41) is 13.9. The molecule has 0 unspecified atom stereocenters. The van der Waals surface area contributed by atoms with Gasteiger partial charge in [0.25, 0.3) is 0 Å². The molecule has 1 heterocycles. The van der Waals surface area contributed by atoms with Gasteiger partial charge in [0, 0.05) is 6.42 Å². The maximum Gasteiger partial charge on any atom is 0.335 e. The summed E-state index contributed by atoms with van der Waals surface area (Å²) in [5.74, 6) is -1.80. The second-order valence-electron chi connectivity index (χ2n) is 4.27. The van der Waals surface area contributed by atoms with Crippen LogP contribution in [0.2, 0.25) is 10.0 Å². The molecule has 1 atom stereocenters. The number of hydrogen-bond acceptors (Lipinski definition) is 3. The van der Waals surface area contributed by atoms with Crippen molar-refractivity contribution in [1.82, 2.24) is 5.32 Å². The number of amides is 2. The van der Waals surface area contributed by atoms with Crippen molar-refractivity contribution in [2.75, 3.05) is 5.32 Å². The van der Waals surface area contributed by atoms with E-state index >= 15 is 0 Å². The van der Waals surface area contributed by atoms with Crippen LogP contribution in [-0.4, -0.2) is 28.9 Å². The van der Waals surface area contributed by atoms with Gasteiger partial charge in [0.1, 0.15) is 6.04 Å². The van der Waals surface area contributed by atoms with Crippen LogP contribution >= 0.6 is 23.2 Å². The Bertz CT molecular complexity index is 580. The first-order chi connectivity index (χ1) is 9.38. The first-order valence-corrected chi connectivity index (χ1v) is 6.46. The number of carbonyl (C=O) groups is 3. The summed E-state index contributed by atoms with van der Waals surface area (Å²) >= 11 is 11.8. The topological polar surface area (TPSA) is 95.5 Å². The Balaban J connectivity index is 2.19. The van der Waals surface area contributed by atoms with Gasteiger partial charge in [-0.3, -0.25) is 9.59 Å². The second-order valence-corrected chi connectivity index (χ2v) is 5.08. The number of hydrogen-bond donors (Lipinski definition) is 3. The van der Waals surface area contributed by atoms with Crippen molar-refractivity contribution in [3.63, 3.8) is 0 Å². The molecule has 2 rings (SSSR count). The number of carboxylic acid groups (broad SMARTS) is 1. The molecule has 0 saturated carbocycles. The monoisotopic (exact) mass is 316 g/mol. The van der Waals surface area contributed by atoms with Gasteiger partial charge in [-0.05, 0) is 18.6 Å². The van der Waals surface area contributed by atoms with E-state index in [2.05, 4.69) is 10.6 Å².